The first-order valence-corrected chi connectivity index (χ1v) is 9.19. The third-order valence-electron chi connectivity index (χ3n) is 4.16. The van der Waals surface area contributed by atoms with Crippen LogP contribution in [0.5, 0.6) is 5.75 Å². The van der Waals surface area contributed by atoms with Crippen LogP contribution in [0.4, 0.5) is 0 Å². The predicted octanol–water partition coefficient (Wildman–Crippen LogP) is 3.94. The number of nitrogens with two attached hydrogens (primary N) is 1. The van der Waals surface area contributed by atoms with Crippen LogP contribution >= 0.6 is 23.2 Å². The smallest absolute Gasteiger partial charge is 0.194 e. The van der Waals surface area contributed by atoms with Crippen LogP contribution in [0.1, 0.15) is 24.1 Å². The van der Waals surface area contributed by atoms with E-state index in [-0.39, 0.29) is 23.6 Å². The van der Waals surface area contributed by atoms with Gasteiger partial charge in [0, 0.05) is 23.3 Å². The van der Waals surface area contributed by atoms with Crippen LogP contribution < -0.4 is 15.8 Å². The Morgan fingerprint density at radius 3 is 2.61 bits per heavy atom. The number of hydrogen-bond acceptors (Lipinski definition) is 6. The van der Waals surface area contributed by atoms with Crippen LogP contribution in [0.25, 0.3) is 5.70 Å². The Hall–Kier alpha value is -2.54. The number of carbonyl (C=O) groups excluding carboxylic acids is 1. The van der Waals surface area contributed by atoms with Gasteiger partial charge in [0.25, 0.3) is 0 Å². The van der Waals surface area contributed by atoms with Crippen molar-refractivity contribution in [2.75, 3.05) is 13.9 Å². The molecule has 28 heavy (non-hydrogen) atoms. The summed E-state index contributed by atoms with van der Waals surface area (Å²) in [6, 6.07) is 11.9. The van der Waals surface area contributed by atoms with Gasteiger partial charge in [0.05, 0.1) is 10.7 Å². The van der Waals surface area contributed by atoms with Gasteiger partial charge in [-0.15, -0.1) is 0 Å². The number of nitrogens with zero attached hydrogens (tertiary/aromatic N) is 1. The van der Waals surface area contributed by atoms with E-state index in [4.69, 9.17) is 38.4 Å². The van der Waals surface area contributed by atoms with Crippen molar-refractivity contribution < 1.29 is 14.3 Å². The first-order valence-electron chi connectivity index (χ1n) is 8.44. The molecule has 3 rings (SSSR count). The SMILES string of the molecule is COCOc1c(Cl)cc(Cl)cc1C1N=C(N)NC(c2ccccc2)=C1C(C)=O. The first-order chi connectivity index (χ1) is 13.4. The van der Waals surface area contributed by atoms with Gasteiger partial charge in [-0.05, 0) is 24.6 Å². The number of nitrogens with one attached hydrogen (secondary N) is 1. The van der Waals surface area contributed by atoms with Crippen LogP contribution in [-0.2, 0) is 9.53 Å². The number of benzene rings is 2. The molecule has 1 atom stereocenters. The van der Waals surface area contributed by atoms with Crippen LogP contribution in [0.3, 0.4) is 0 Å². The molecule has 6 nitrogen and oxygen atoms in total. The fourth-order valence-corrected chi connectivity index (χ4v) is 3.61. The topological polar surface area (TPSA) is 85.9 Å². The third kappa shape index (κ3) is 4.14. The normalized spacial score (nSPS) is 16.4. The molecule has 3 N–H and O–H groups in total. The summed E-state index contributed by atoms with van der Waals surface area (Å²) >= 11 is 12.6. The Kier molecular flexibility index (Phi) is 6.24. The highest BCUT2D eigenvalue weighted by atomic mass is 35.5. The predicted molar refractivity (Wildman–Crippen MR) is 111 cm³/mol. The zero-order chi connectivity index (χ0) is 20.3. The maximum absolute atomic E-state index is 12.6. The number of aliphatic imine (C=N–C) groups is 1. The van der Waals surface area contributed by atoms with Crippen molar-refractivity contribution in [1.82, 2.24) is 5.32 Å². The van der Waals surface area contributed by atoms with Gasteiger partial charge in [-0.25, -0.2) is 4.99 Å². The highest BCUT2D eigenvalue weighted by Crippen LogP contribution is 2.43. The molecule has 0 radical (unpaired) electrons. The molecule has 0 saturated carbocycles. The van der Waals surface area contributed by atoms with E-state index in [0.29, 0.717) is 27.6 Å². The van der Waals surface area contributed by atoms with Crippen LogP contribution in [-0.4, -0.2) is 25.6 Å². The first kappa shape index (κ1) is 20.2. The molecule has 0 amide bonds. The highest BCUT2D eigenvalue weighted by Gasteiger charge is 2.32. The lowest BCUT2D eigenvalue weighted by molar-refractivity contribution is -0.113. The molecule has 2 aromatic rings. The maximum atomic E-state index is 12.6. The molecule has 1 aliphatic heterocycles. The number of ketones is 1. The van der Waals surface area contributed by atoms with Gasteiger partial charge in [-0.3, -0.25) is 4.79 Å². The molecular formula is C20H19Cl2N3O3. The number of guanidine groups is 1. The lowest BCUT2D eigenvalue weighted by Gasteiger charge is -2.27. The summed E-state index contributed by atoms with van der Waals surface area (Å²) in [6.45, 7) is 1.45. The summed E-state index contributed by atoms with van der Waals surface area (Å²) in [5, 5.41) is 3.69. The highest BCUT2D eigenvalue weighted by molar-refractivity contribution is 6.35. The Balaban J connectivity index is 2.23. The monoisotopic (exact) mass is 419 g/mol. The molecule has 2 aromatic carbocycles. The molecule has 0 bridgehead atoms. The van der Waals surface area contributed by atoms with E-state index < -0.39 is 6.04 Å². The van der Waals surface area contributed by atoms with E-state index in [1.165, 1.54) is 14.0 Å². The number of hydrogen-bond donors (Lipinski definition) is 2. The van der Waals surface area contributed by atoms with Crippen molar-refractivity contribution in [3.63, 3.8) is 0 Å². The van der Waals surface area contributed by atoms with Crippen molar-refractivity contribution in [3.8, 4) is 5.75 Å². The second kappa shape index (κ2) is 8.65. The summed E-state index contributed by atoms with van der Waals surface area (Å²) in [5.41, 5.74) is 8.39. The number of ether oxygens (including phenoxy) is 2. The van der Waals surface area contributed by atoms with E-state index in [1.54, 1.807) is 12.1 Å². The van der Waals surface area contributed by atoms with Crippen LogP contribution in [0.2, 0.25) is 10.0 Å². The van der Waals surface area contributed by atoms with E-state index in [0.717, 1.165) is 5.56 Å². The minimum absolute atomic E-state index is 0.0246. The molecule has 1 aliphatic rings. The molecule has 146 valence electrons. The van der Waals surface area contributed by atoms with E-state index in [1.807, 2.05) is 30.3 Å². The summed E-state index contributed by atoms with van der Waals surface area (Å²) in [4.78, 5) is 17.1. The average molecular weight is 420 g/mol. The molecule has 0 saturated heterocycles. The van der Waals surface area contributed by atoms with Gasteiger partial charge in [0.1, 0.15) is 11.8 Å². The standard InChI is InChI=1S/C20H19Cl2N3O3/c1-11(26)16-17(12-6-4-3-5-7-12)24-20(23)25-18(16)14-8-13(21)9-15(22)19(14)28-10-27-2/h3-9,18H,10H2,1-2H3,(H3,23,24,25). The molecular weight excluding hydrogens is 401 g/mol. The summed E-state index contributed by atoms with van der Waals surface area (Å²) in [5.74, 6) is 0.339. The van der Waals surface area contributed by atoms with Gasteiger partial charge in [0.2, 0.25) is 0 Å². The molecule has 0 spiro atoms. The summed E-state index contributed by atoms with van der Waals surface area (Å²) in [6.07, 6.45) is 0. The van der Waals surface area contributed by atoms with Crippen LogP contribution in [0, 0.1) is 0 Å². The number of methoxy groups -OCH3 is 1. The molecule has 0 fully saturated rings. The van der Waals surface area contributed by atoms with Gasteiger partial charge in [0.15, 0.2) is 18.5 Å². The number of carbonyl (C=O) groups is 1. The van der Waals surface area contributed by atoms with E-state index in [2.05, 4.69) is 10.3 Å². The molecule has 0 aromatic heterocycles. The lowest BCUT2D eigenvalue weighted by atomic mass is 9.90. The zero-order valence-corrected chi connectivity index (χ0v) is 16.8. The Morgan fingerprint density at radius 1 is 1.25 bits per heavy atom. The summed E-state index contributed by atoms with van der Waals surface area (Å²) < 4.78 is 10.6. The van der Waals surface area contributed by atoms with Gasteiger partial charge in [-0.2, -0.15) is 0 Å². The van der Waals surface area contributed by atoms with Gasteiger partial charge < -0.3 is 20.5 Å². The zero-order valence-electron chi connectivity index (χ0n) is 15.3. The van der Waals surface area contributed by atoms with E-state index in [9.17, 15) is 4.79 Å². The minimum Gasteiger partial charge on any atom is -0.466 e. The Labute approximate surface area is 172 Å². The fraction of sp³-hybridized carbons (Fsp3) is 0.200. The van der Waals surface area contributed by atoms with Crippen molar-refractivity contribution in [2.45, 2.75) is 13.0 Å². The minimum atomic E-state index is -0.739. The van der Waals surface area contributed by atoms with E-state index >= 15 is 0 Å². The quantitative estimate of drug-likeness (QED) is 0.692. The third-order valence-corrected chi connectivity index (χ3v) is 4.66. The van der Waals surface area contributed by atoms with Crippen LogP contribution in [0.15, 0.2) is 53.0 Å². The Morgan fingerprint density at radius 2 is 1.96 bits per heavy atom. The molecule has 0 aliphatic carbocycles. The summed E-state index contributed by atoms with van der Waals surface area (Å²) in [7, 11) is 1.50. The van der Waals surface area contributed by atoms with Crippen molar-refractivity contribution in [2.24, 2.45) is 10.7 Å². The fourth-order valence-electron chi connectivity index (χ4n) is 3.05. The lowest BCUT2D eigenvalue weighted by Crippen LogP contribution is -2.36. The van der Waals surface area contributed by atoms with Crippen molar-refractivity contribution in [3.05, 3.63) is 69.2 Å². The average Bonchev–Trinajstić information content (AvgIpc) is 2.66. The second-order valence-corrected chi connectivity index (χ2v) is 6.95. The number of rotatable bonds is 6. The van der Waals surface area contributed by atoms with Gasteiger partial charge in [-0.1, -0.05) is 53.5 Å². The van der Waals surface area contributed by atoms with Crippen molar-refractivity contribution >= 4 is 40.6 Å². The van der Waals surface area contributed by atoms with Crippen molar-refractivity contribution in [1.29, 1.82) is 0 Å². The Bertz CT molecular complexity index is 959. The largest absolute Gasteiger partial charge is 0.466 e. The second-order valence-electron chi connectivity index (χ2n) is 6.11. The maximum Gasteiger partial charge on any atom is 0.194 e. The molecule has 8 heteroatoms. The van der Waals surface area contributed by atoms with Gasteiger partial charge >= 0.3 is 0 Å². The molecule has 1 unspecified atom stereocenters. The number of Topliss-reactive ketones (excluding diaryl/α,β-unsaturated/α-hetero) is 1. The number of halogens is 2. The molecule has 1 heterocycles.